The van der Waals surface area contributed by atoms with Crippen LogP contribution in [0.3, 0.4) is 0 Å². The Morgan fingerprint density at radius 3 is 2.92 bits per heavy atom. The van der Waals surface area contributed by atoms with E-state index >= 15 is 0 Å². The molecule has 6 nitrogen and oxygen atoms in total. The summed E-state index contributed by atoms with van der Waals surface area (Å²) in [7, 11) is 3.17. The van der Waals surface area contributed by atoms with Crippen molar-refractivity contribution < 1.29 is 18.7 Å². The minimum absolute atomic E-state index is 0.115. The summed E-state index contributed by atoms with van der Waals surface area (Å²) in [6.07, 6.45) is 2.34. The van der Waals surface area contributed by atoms with Crippen LogP contribution in [-0.4, -0.2) is 48.5 Å². The predicted molar refractivity (Wildman–Crippen MR) is 90.8 cm³/mol. The highest BCUT2D eigenvalue weighted by atomic mass is 19.1. The van der Waals surface area contributed by atoms with Gasteiger partial charge in [-0.2, -0.15) is 0 Å². The first-order valence-corrected chi connectivity index (χ1v) is 8.03. The number of methoxy groups -OCH3 is 1. The van der Waals surface area contributed by atoms with Gasteiger partial charge in [-0.25, -0.2) is 9.18 Å². The maximum absolute atomic E-state index is 13.9. The molecule has 1 aliphatic heterocycles. The number of aromatic nitrogens is 1. The number of para-hydroxylation sites is 1. The molecule has 132 valence electrons. The lowest BCUT2D eigenvalue weighted by Crippen LogP contribution is -2.39. The Bertz CT molecular complexity index is 789. The molecular formula is C18H20FN3O3. The van der Waals surface area contributed by atoms with Crippen LogP contribution in [0, 0.1) is 5.82 Å². The number of H-pyrrole nitrogens is 1. The van der Waals surface area contributed by atoms with Crippen LogP contribution in [-0.2, 0) is 16.1 Å². The molecule has 1 aromatic heterocycles. The van der Waals surface area contributed by atoms with E-state index in [1.807, 2.05) is 11.9 Å². The second-order valence-corrected chi connectivity index (χ2v) is 6.07. The number of ether oxygens (including phenoxy) is 1. The van der Waals surface area contributed by atoms with Gasteiger partial charge >= 0.3 is 5.97 Å². The monoisotopic (exact) mass is 345 g/mol. The van der Waals surface area contributed by atoms with E-state index < -0.39 is 11.8 Å². The number of carbonyl (C=O) groups excluding carboxylic acids is 2. The van der Waals surface area contributed by atoms with Gasteiger partial charge in [0.25, 0.3) is 0 Å². The van der Waals surface area contributed by atoms with Gasteiger partial charge < -0.3 is 14.6 Å². The number of nitrogens with one attached hydrogen (secondary N) is 1. The normalized spacial score (nSPS) is 17.4. The molecule has 0 saturated carbocycles. The standard InChI is InChI=1S/C18H20FN3O3/c1-21(11-12-9-14(20-10-12)18(24)25-2)16-7-8-22(17(16)23)15-6-4-3-5-13(15)19/h3-6,9-10,16,20H,7-8,11H2,1-2H3/t16-/m0/s1. The van der Waals surface area contributed by atoms with Crippen molar-refractivity contribution >= 4 is 17.6 Å². The Labute approximate surface area is 145 Å². The lowest BCUT2D eigenvalue weighted by Gasteiger charge is -2.23. The highest BCUT2D eigenvalue weighted by Gasteiger charge is 2.36. The number of halogens is 1. The second kappa shape index (κ2) is 7.06. The summed E-state index contributed by atoms with van der Waals surface area (Å²) in [4.78, 5) is 30.4. The number of rotatable bonds is 5. The lowest BCUT2D eigenvalue weighted by molar-refractivity contribution is -0.121. The van der Waals surface area contributed by atoms with Crippen LogP contribution in [0.1, 0.15) is 22.5 Å². The molecule has 1 aromatic carbocycles. The quantitative estimate of drug-likeness (QED) is 0.844. The number of hydrogen-bond donors (Lipinski definition) is 1. The number of amides is 1. The Kier molecular flexibility index (Phi) is 4.85. The van der Waals surface area contributed by atoms with E-state index in [4.69, 9.17) is 0 Å². The lowest BCUT2D eigenvalue weighted by atomic mass is 10.2. The average molecular weight is 345 g/mol. The maximum Gasteiger partial charge on any atom is 0.354 e. The van der Waals surface area contributed by atoms with Crippen LogP contribution in [0.15, 0.2) is 36.5 Å². The van der Waals surface area contributed by atoms with Crippen molar-refractivity contribution in [1.29, 1.82) is 0 Å². The van der Waals surface area contributed by atoms with E-state index in [0.717, 1.165) is 5.56 Å². The number of esters is 1. The van der Waals surface area contributed by atoms with Crippen molar-refractivity contribution in [1.82, 2.24) is 9.88 Å². The molecule has 1 saturated heterocycles. The SMILES string of the molecule is COC(=O)c1cc(CN(C)[C@H]2CCN(c3ccccc3F)C2=O)c[nH]1. The van der Waals surface area contributed by atoms with Gasteiger partial charge in [0.2, 0.25) is 5.91 Å². The van der Waals surface area contributed by atoms with Crippen molar-refractivity contribution in [3.63, 3.8) is 0 Å². The highest BCUT2D eigenvalue weighted by molar-refractivity contribution is 5.99. The van der Waals surface area contributed by atoms with Crippen LogP contribution in [0.4, 0.5) is 10.1 Å². The summed E-state index contributed by atoms with van der Waals surface area (Å²) < 4.78 is 18.6. The van der Waals surface area contributed by atoms with Crippen LogP contribution in [0.25, 0.3) is 0 Å². The van der Waals surface area contributed by atoms with Crippen molar-refractivity contribution in [2.45, 2.75) is 19.0 Å². The molecule has 1 aliphatic rings. The van der Waals surface area contributed by atoms with E-state index in [1.165, 1.54) is 18.1 Å². The molecule has 1 N–H and O–H groups in total. The molecule has 0 aliphatic carbocycles. The minimum atomic E-state index is -0.434. The Morgan fingerprint density at radius 2 is 2.20 bits per heavy atom. The third kappa shape index (κ3) is 3.41. The third-order valence-electron chi connectivity index (χ3n) is 4.43. The molecule has 0 bridgehead atoms. The van der Waals surface area contributed by atoms with Crippen LogP contribution >= 0.6 is 0 Å². The van der Waals surface area contributed by atoms with Crippen molar-refractivity contribution in [3.05, 3.63) is 53.6 Å². The van der Waals surface area contributed by atoms with Crippen molar-refractivity contribution in [3.8, 4) is 0 Å². The van der Waals surface area contributed by atoms with Gasteiger partial charge in [-0.15, -0.1) is 0 Å². The number of likely N-dealkylation sites (N-methyl/N-ethyl adjacent to an activating group) is 1. The zero-order valence-corrected chi connectivity index (χ0v) is 14.2. The van der Waals surface area contributed by atoms with Crippen molar-refractivity contribution in [2.75, 3.05) is 25.6 Å². The van der Waals surface area contributed by atoms with Gasteiger partial charge in [0.1, 0.15) is 11.5 Å². The first kappa shape index (κ1) is 17.2. The molecule has 1 atom stereocenters. The molecule has 3 rings (SSSR count). The Hall–Kier alpha value is -2.67. The van der Waals surface area contributed by atoms with E-state index in [2.05, 4.69) is 9.72 Å². The van der Waals surface area contributed by atoms with E-state index in [9.17, 15) is 14.0 Å². The largest absolute Gasteiger partial charge is 0.464 e. The summed E-state index contributed by atoms with van der Waals surface area (Å²) in [6, 6.07) is 7.68. The zero-order valence-electron chi connectivity index (χ0n) is 14.2. The summed E-state index contributed by atoms with van der Waals surface area (Å²) >= 11 is 0. The number of hydrogen-bond acceptors (Lipinski definition) is 4. The summed E-state index contributed by atoms with van der Waals surface area (Å²) in [6.45, 7) is 0.977. The van der Waals surface area contributed by atoms with Gasteiger partial charge in [0.05, 0.1) is 18.8 Å². The van der Waals surface area contributed by atoms with Crippen LogP contribution < -0.4 is 4.90 Å². The molecule has 25 heavy (non-hydrogen) atoms. The number of anilines is 1. The summed E-state index contributed by atoms with van der Waals surface area (Å²) in [5, 5.41) is 0. The Balaban J connectivity index is 1.68. The summed E-state index contributed by atoms with van der Waals surface area (Å²) in [5.41, 5.74) is 1.56. The highest BCUT2D eigenvalue weighted by Crippen LogP contribution is 2.26. The van der Waals surface area contributed by atoms with E-state index in [-0.39, 0.29) is 11.9 Å². The molecule has 1 amide bonds. The molecule has 0 unspecified atom stereocenters. The number of nitrogens with zero attached hydrogens (tertiary/aromatic N) is 2. The van der Waals surface area contributed by atoms with Gasteiger partial charge in [-0.05, 0) is 37.2 Å². The molecule has 2 aromatic rings. The first-order valence-electron chi connectivity index (χ1n) is 8.03. The number of carbonyl (C=O) groups is 2. The number of benzene rings is 1. The second-order valence-electron chi connectivity index (χ2n) is 6.07. The molecular weight excluding hydrogens is 325 g/mol. The van der Waals surface area contributed by atoms with Gasteiger partial charge in [0.15, 0.2) is 0 Å². The average Bonchev–Trinajstić information content (AvgIpc) is 3.21. The van der Waals surface area contributed by atoms with Gasteiger partial charge in [-0.1, -0.05) is 12.1 Å². The maximum atomic E-state index is 13.9. The summed E-state index contributed by atoms with van der Waals surface area (Å²) in [5.74, 6) is -0.944. The molecule has 1 fully saturated rings. The first-order chi connectivity index (χ1) is 12.0. The van der Waals surface area contributed by atoms with Gasteiger partial charge in [0, 0.05) is 19.3 Å². The Morgan fingerprint density at radius 1 is 1.44 bits per heavy atom. The van der Waals surface area contributed by atoms with Crippen LogP contribution in [0.2, 0.25) is 0 Å². The topological polar surface area (TPSA) is 65.6 Å². The predicted octanol–water partition coefficient (Wildman–Crippen LogP) is 2.18. The van der Waals surface area contributed by atoms with Gasteiger partial charge in [-0.3, -0.25) is 9.69 Å². The molecule has 0 radical (unpaired) electrons. The molecule has 7 heteroatoms. The fourth-order valence-electron chi connectivity index (χ4n) is 3.14. The molecule has 2 heterocycles. The van der Waals surface area contributed by atoms with E-state index in [0.29, 0.717) is 30.9 Å². The fraction of sp³-hybridized carbons (Fsp3) is 0.333. The number of aromatic amines is 1. The van der Waals surface area contributed by atoms with Crippen molar-refractivity contribution in [2.24, 2.45) is 0 Å². The smallest absolute Gasteiger partial charge is 0.354 e. The fourth-order valence-corrected chi connectivity index (χ4v) is 3.14. The minimum Gasteiger partial charge on any atom is -0.464 e. The zero-order chi connectivity index (χ0) is 18.0. The molecule has 0 spiro atoms. The van der Waals surface area contributed by atoms with Crippen LogP contribution in [0.5, 0.6) is 0 Å². The third-order valence-corrected chi connectivity index (χ3v) is 4.43. The van der Waals surface area contributed by atoms with E-state index in [1.54, 1.807) is 30.5 Å².